The molecule has 3 rings (SSSR count). The number of thiazole rings is 1. The Morgan fingerprint density at radius 2 is 2.35 bits per heavy atom. The molecule has 0 saturated carbocycles. The number of carbonyl (C=O) groups excluding carboxylic acids is 1. The first-order chi connectivity index (χ1) is 11.1. The van der Waals surface area contributed by atoms with E-state index >= 15 is 0 Å². The summed E-state index contributed by atoms with van der Waals surface area (Å²) in [7, 11) is 0. The molecule has 2 aromatic heterocycles. The van der Waals surface area contributed by atoms with Crippen molar-refractivity contribution in [2.45, 2.75) is 39.7 Å². The van der Waals surface area contributed by atoms with E-state index in [-0.39, 0.29) is 5.91 Å². The Morgan fingerprint density at radius 3 is 2.96 bits per heavy atom. The van der Waals surface area contributed by atoms with Gasteiger partial charge in [0, 0.05) is 42.1 Å². The summed E-state index contributed by atoms with van der Waals surface area (Å²) < 4.78 is 2.08. The predicted octanol–water partition coefficient (Wildman–Crippen LogP) is 2.76. The molecule has 1 amide bonds. The van der Waals surface area contributed by atoms with Crippen LogP contribution in [0.4, 0.5) is 0 Å². The third-order valence-electron chi connectivity index (χ3n) is 4.47. The zero-order valence-electron chi connectivity index (χ0n) is 14.0. The van der Waals surface area contributed by atoms with Crippen LogP contribution < -0.4 is 5.32 Å². The minimum atomic E-state index is 0.149. The smallest absolute Gasteiger partial charge is 0.255 e. The molecule has 124 valence electrons. The van der Waals surface area contributed by atoms with Crippen LogP contribution in [0, 0.1) is 13.8 Å². The lowest BCUT2D eigenvalue weighted by Crippen LogP contribution is -2.42. The van der Waals surface area contributed by atoms with Crippen molar-refractivity contribution in [1.29, 1.82) is 0 Å². The molecule has 1 atom stereocenters. The number of rotatable bonds is 5. The number of carbonyl (C=O) groups is 1. The molecule has 1 saturated heterocycles. The van der Waals surface area contributed by atoms with E-state index in [1.165, 1.54) is 0 Å². The first-order valence-corrected chi connectivity index (χ1v) is 9.12. The molecule has 5 nitrogen and oxygen atoms in total. The van der Waals surface area contributed by atoms with Crippen molar-refractivity contribution in [3.05, 3.63) is 34.6 Å². The third kappa shape index (κ3) is 3.05. The van der Waals surface area contributed by atoms with Gasteiger partial charge >= 0.3 is 0 Å². The predicted molar refractivity (Wildman–Crippen MR) is 93.5 cm³/mol. The Labute approximate surface area is 141 Å². The van der Waals surface area contributed by atoms with Crippen molar-refractivity contribution in [2.24, 2.45) is 0 Å². The number of hydrogen-bond acceptors (Lipinski definition) is 4. The average Bonchev–Trinajstić information content (AvgIpc) is 3.26. The maximum Gasteiger partial charge on any atom is 0.255 e. The highest BCUT2D eigenvalue weighted by atomic mass is 32.1. The molecular weight excluding hydrogens is 308 g/mol. The topological polar surface area (TPSA) is 50.2 Å². The number of amides is 1. The van der Waals surface area contributed by atoms with Gasteiger partial charge in [-0.05, 0) is 39.3 Å². The zero-order valence-corrected chi connectivity index (χ0v) is 14.8. The van der Waals surface area contributed by atoms with Crippen LogP contribution in [0.3, 0.4) is 0 Å². The number of nitrogens with one attached hydrogen (secondary N) is 1. The number of hydrogen-bond donors (Lipinski definition) is 1. The van der Waals surface area contributed by atoms with Gasteiger partial charge in [-0.1, -0.05) is 6.92 Å². The molecule has 1 N–H and O–H groups in total. The molecule has 0 aromatic carbocycles. The maximum atomic E-state index is 13.1. The SMILES string of the molecule is CCCN(C(=O)c1cc(C)n(-c2nccs2)c1C)C1CCNC1. The van der Waals surface area contributed by atoms with Gasteiger partial charge in [0.1, 0.15) is 0 Å². The Morgan fingerprint density at radius 1 is 1.52 bits per heavy atom. The summed E-state index contributed by atoms with van der Waals surface area (Å²) >= 11 is 1.59. The van der Waals surface area contributed by atoms with Crippen molar-refractivity contribution in [3.63, 3.8) is 0 Å². The lowest BCUT2D eigenvalue weighted by molar-refractivity contribution is 0.0691. The Bertz CT molecular complexity index is 671. The van der Waals surface area contributed by atoms with Crippen LogP contribution >= 0.6 is 11.3 Å². The van der Waals surface area contributed by atoms with E-state index in [0.717, 1.165) is 54.6 Å². The highest BCUT2D eigenvalue weighted by molar-refractivity contribution is 7.12. The highest BCUT2D eigenvalue weighted by Gasteiger charge is 2.29. The van der Waals surface area contributed by atoms with E-state index in [9.17, 15) is 4.79 Å². The van der Waals surface area contributed by atoms with E-state index in [4.69, 9.17) is 0 Å². The van der Waals surface area contributed by atoms with Gasteiger partial charge in [0.05, 0.1) is 5.56 Å². The van der Waals surface area contributed by atoms with Crippen LogP contribution in [0.15, 0.2) is 17.6 Å². The summed E-state index contributed by atoms with van der Waals surface area (Å²) in [6, 6.07) is 2.31. The van der Waals surface area contributed by atoms with Gasteiger partial charge in [0.25, 0.3) is 5.91 Å². The molecule has 1 aliphatic heterocycles. The van der Waals surface area contributed by atoms with Gasteiger partial charge in [-0.3, -0.25) is 9.36 Å². The summed E-state index contributed by atoms with van der Waals surface area (Å²) in [6.07, 6.45) is 3.82. The molecular formula is C17H24N4OS. The summed E-state index contributed by atoms with van der Waals surface area (Å²) in [5.41, 5.74) is 2.84. The van der Waals surface area contributed by atoms with Gasteiger partial charge in [-0.25, -0.2) is 4.98 Å². The fourth-order valence-electron chi connectivity index (χ4n) is 3.35. The Hall–Kier alpha value is -1.66. The number of aromatic nitrogens is 2. The molecule has 6 heteroatoms. The molecule has 0 radical (unpaired) electrons. The van der Waals surface area contributed by atoms with Gasteiger partial charge in [0.2, 0.25) is 0 Å². The summed E-state index contributed by atoms with van der Waals surface area (Å²) in [4.78, 5) is 19.6. The number of aryl methyl sites for hydroxylation is 1. The van der Waals surface area contributed by atoms with Gasteiger partial charge in [-0.15, -0.1) is 11.3 Å². The normalized spacial score (nSPS) is 17.6. The van der Waals surface area contributed by atoms with Gasteiger partial charge < -0.3 is 10.2 Å². The van der Waals surface area contributed by atoms with Crippen molar-refractivity contribution in [2.75, 3.05) is 19.6 Å². The van der Waals surface area contributed by atoms with E-state index < -0.39 is 0 Å². The number of nitrogens with zero attached hydrogens (tertiary/aromatic N) is 3. The lowest BCUT2D eigenvalue weighted by atomic mass is 10.1. The quantitative estimate of drug-likeness (QED) is 0.916. The van der Waals surface area contributed by atoms with Crippen LogP contribution in [0.5, 0.6) is 0 Å². The first-order valence-electron chi connectivity index (χ1n) is 8.24. The van der Waals surface area contributed by atoms with Crippen molar-refractivity contribution in [1.82, 2.24) is 19.8 Å². The fraction of sp³-hybridized carbons (Fsp3) is 0.529. The van der Waals surface area contributed by atoms with E-state index in [1.807, 2.05) is 30.2 Å². The van der Waals surface area contributed by atoms with Gasteiger partial charge in [0.15, 0.2) is 5.13 Å². The van der Waals surface area contributed by atoms with Crippen LogP contribution in [-0.2, 0) is 0 Å². The molecule has 0 spiro atoms. The molecule has 23 heavy (non-hydrogen) atoms. The van der Waals surface area contributed by atoms with Crippen LogP contribution in [0.2, 0.25) is 0 Å². The minimum Gasteiger partial charge on any atom is -0.334 e. The van der Waals surface area contributed by atoms with Crippen molar-refractivity contribution in [3.8, 4) is 5.13 Å². The zero-order chi connectivity index (χ0) is 16.4. The Kier molecular flexibility index (Phi) is 4.82. The fourth-order valence-corrected chi connectivity index (χ4v) is 4.10. The molecule has 2 aromatic rings. The van der Waals surface area contributed by atoms with Crippen LogP contribution in [0.1, 0.15) is 41.5 Å². The highest BCUT2D eigenvalue weighted by Crippen LogP contribution is 2.24. The lowest BCUT2D eigenvalue weighted by Gasteiger charge is -2.28. The molecule has 3 heterocycles. The van der Waals surface area contributed by atoms with Crippen molar-refractivity contribution >= 4 is 17.2 Å². The second-order valence-electron chi connectivity index (χ2n) is 6.08. The largest absolute Gasteiger partial charge is 0.334 e. The average molecular weight is 332 g/mol. The van der Waals surface area contributed by atoms with Crippen LogP contribution in [-0.4, -0.2) is 46.0 Å². The first kappa shape index (κ1) is 16.2. The molecule has 0 aliphatic carbocycles. The summed E-state index contributed by atoms with van der Waals surface area (Å²) in [5, 5.41) is 6.25. The van der Waals surface area contributed by atoms with Crippen molar-refractivity contribution < 1.29 is 4.79 Å². The molecule has 1 fully saturated rings. The Balaban J connectivity index is 1.93. The molecule has 1 unspecified atom stereocenters. The van der Waals surface area contributed by atoms with E-state index in [1.54, 1.807) is 17.5 Å². The monoisotopic (exact) mass is 332 g/mol. The second kappa shape index (κ2) is 6.84. The second-order valence-corrected chi connectivity index (χ2v) is 6.95. The third-order valence-corrected chi connectivity index (χ3v) is 5.23. The summed E-state index contributed by atoms with van der Waals surface area (Å²) in [6.45, 7) is 8.88. The molecule has 1 aliphatic rings. The standard InChI is InChI=1S/C17H24N4OS/c1-4-8-20(14-5-6-18-11-14)16(22)15-10-12(2)21(13(15)3)17-19-7-9-23-17/h7,9-10,14,18H,4-6,8,11H2,1-3H3. The summed E-state index contributed by atoms with van der Waals surface area (Å²) in [5.74, 6) is 0.149. The minimum absolute atomic E-state index is 0.149. The van der Waals surface area contributed by atoms with E-state index in [0.29, 0.717) is 6.04 Å². The van der Waals surface area contributed by atoms with E-state index in [2.05, 4.69) is 21.8 Å². The maximum absolute atomic E-state index is 13.1. The van der Waals surface area contributed by atoms with Crippen LogP contribution in [0.25, 0.3) is 5.13 Å². The molecule has 0 bridgehead atoms. The van der Waals surface area contributed by atoms with Gasteiger partial charge in [-0.2, -0.15) is 0 Å².